The minimum atomic E-state index is -4.26. The van der Waals surface area contributed by atoms with E-state index in [0.29, 0.717) is 0 Å². The molecule has 0 fully saturated rings. The van der Waals surface area contributed by atoms with Gasteiger partial charge < -0.3 is 0 Å². The van der Waals surface area contributed by atoms with Crippen LogP contribution in [-0.2, 0) is 43.4 Å². The lowest BCUT2D eigenvalue weighted by molar-refractivity contribution is -0.137. The molecular formula is C18H22O9PS3+. The quantitative estimate of drug-likeness (QED) is 0.496. The average molecular weight is 510 g/mol. The number of rotatable bonds is 7. The summed E-state index contributed by atoms with van der Waals surface area (Å²) >= 11 is 0. The Morgan fingerprint density at radius 1 is 1.00 bits per heavy atom. The molecule has 1 aromatic carbocycles. The lowest BCUT2D eigenvalue weighted by Gasteiger charge is -2.37. The summed E-state index contributed by atoms with van der Waals surface area (Å²) in [5.41, 5.74) is 0. The molecule has 3 atom stereocenters. The van der Waals surface area contributed by atoms with E-state index in [1.165, 1.54) is 19.1 Å². The van der Waals surface area contributed by atoms with Gasteiger partial charge in [0.15, 0.2) is 29.5 Å². The molecule has 0 amide bonds. The average Bonchev–Trinajstić information content (AvgIpc) is 2.65. The third-order valence-electron chi connectivity index (χ3n) is 4.92. The molecule has 3 unspecified atom stereocenters. The normalized spacial score (nSPS) is 22.8. The van der Waals surface area contributed by atoms with Crippen molar-refractivity contribution in [2.24, 2.45) is 5.92 Å². The number of carbonyl (C=O) groups is 1. The Morgan fingerprint density at radius 2 is 1.55 bits per heavy atom. The molecule has 0 bridgehead atoms. The Labute approximate surface area is 182 Å². The molecule has 1 aliphatic rings. The summed E-state index contributed by atoms with van der Waals surface area (Å²) in [5, 5.41) is 0.139. The van der Waals surface area contributed by atoms with E-state index in [1.807, 2.05) is 0 Å². The third kappa shape index (κ3) is 5.14. The van der Waals surface area contributed by atoms with Crippen LogP contribution in [0.4, 0.5) is 0 Å². The Morgan fingerprint density at radius 3 is 1.97 bits per heavy atom. The van der Waals surface area contributed by atoms with Crippen LogP contribution < -0.4 is 5.30 Å². The molecule has 0 aromatic heterocycles. The van der Waals surface area contributed by atoms with Crippen molar-refractivity contribution in [2.75, 3.05) is 18.8 Å². The van der Waals surface area contributed by atoms with E-state index >= 15 is 0 Å². The molecule has 0 heterocycles. The van der Waals surface area contributed by atoms with Gasteiger partial charge in [-0.2, -0.15) is 0 Å². The molecule has 2 rings (SSSR count). The maximum atomic E-state index is 13.1. The summed E-state index contributed by atoms with van der Waals surface area (Å²) in [6.45, 7) is 1.38. The number of benzene rings is 1. The topological polar surface area (TPSA) is 146 Å². The minimum Gasteiger partial charge on any atom is -0.246 e. The Hall–Kier alpha value is -1.88. The molecule has 0 saturated carbocycles. The van der Waals surface area contributed by atoms with Crippen LogP contribution in [0.3, 0.4) is 0 Å². The molecule has 1 aromatic rings. The molecule has 170 valence electrons. The Balaban J connectivity index is 2.76. The van der Waals surface area contributed by atoms with Gasteiger partial charge in [-0.05, 0) is 35.3 Å². The standard InChI is InChI=1S/C18H22O9PS3/c1-5-18(31(4,25)26)12-14(29(2,21)22)11-15(30(3,23)24)16(18)17(19)27-28(20)13-9-7-6-8-10-13/h6-12,16H,5H2,1-4H3/q+1. The molecule has 31 heavy (non-hydrogen) atoms. The van der Waals surface area contributed by atoms with E-state index in [0.717, 1.165) is 30.9 Å². The molecule has 1 aliphatic carbocycles. The summed E-state index contributed by atoms with van der Waals surface area (Å²) < 4.78 is 90.2. The lowest BCUT2D eigenvalue weighted by Crippen LogP contribution is -2.50. The fraction of sp³-hybridized carbons (Fsp3) is 0.389. The highest BCUT2D eigenvalue weighted by atomic mass is 32.2. The van der Waals surface area contributed by atoms with Gasteiger partial charge in [-0.15, -0.1) is 0 Å². The first kappa shape index (κ1) is 25.4. The van der Waals surface area contributed by atoms with Crippen molar-refractivity contribution in [1.29, 1.82) is 0 Å². The minimum absolute atomic E-state index is 0.139. The Bertz CT molecular complexity index is 1290. The predicted octanol–water partition coefficient (Wildman–Crippen LogP) is 1.28. The summed E-state index contributed by atoms with van der Waals surface area (Å²) in [5.74, 6) is -3.28. The Kier molecular flexibility index (Phi) is 7.02. The van der Waals surface area contributed by atoms with Crippen LogP contribution in [-0.4, -0.2) is 54.7 Å². The third-order valence-corrected chi connectivity index (χ3v) is 10.3. The fourth-order valence-corrected chi connectivity index (χ4v) is 7.68. The van der Waals surface area contributed by atoms with E-state index in [2.05, 4.69) is 0 Å². The zero-order valence-electron chi connectivity index (χ0n) is 17.2. The van der Waals surface area contributed by atoms with E-state index < -0.39 is 64.0 Å². The van der Waals surface area contributed by atoms with Crippen LogP contribution in [0, 0.1) is 5.92 Å². The second kappa shape index (κ2) is 8.57. The molecule has 0 aliphatic heterocycles. The maximum absolute atomic E-state index is 13.1. The molecular weight excluding hydrogens is 487 g/mol. The first-order valence-corrected chi connectivity index (χ1v) is 15.7. The summed E-state index contributed by atoms with van der Waals surface area (Å²) in [6, 6.07) is 7.58. The van der Waals surface area contributed by atoms with Gasteiger partial charge in [0.05, 0.1) is 9.81 Å². The zero-order chi connectivity index (χ0) is 23.8. The van der Waals surface area contributed by atoms with Gasteiger partial charge in [0.1, 0.15) is 10.7 Å². The predicted molar refractivity (Wildman–Crippen MR) is 117 cm³/mol. The van der Waals surface area contributed by atoms with Crippen molar-refractivity contribution in [3.63, 3.8) is 0 Å². The van der Waals surface area contributed by atoms with Crippen molar-refractivity contribution in [3.8, 4) is 0 Å². The number of hydrogen-bond acceptors (Lipinski definition) is 9. The van der Waals surface area contributed by atoms with E-state index in [1.54, 1.807) is 18.2 Å². The summed E-state index contributed by atoms with van der Waals surface area (Å²) in [4.78, 5) is 11.8. The second-order valence-corrected chi connectivity index (χ2v) is 14.7. The van der Waals surface area contributed by atoms with Crippen LogP contribution in [0.25, 0.3) is 0 Å². The lowest BCUT2D eigenvalue weighted by atomic mass is 9.85. The van der Waals surface area contributed by atoms with Crippen LogP contribution in [0.2, 0.25) is 0 Å². The van der Waals surface area contributed by atoms with Crippen LogP contribution in [0.5, 0.6) is 0 Å². The monoisotopic (exact) mass is 509 g/mol. The van der Waals surface area contributed by atoms with Gasteiger partial charge >= 0.3 is 14.0 Å². The van der Waals surface area contributed by atoms with Gasteiger partial charge in [-0.25, -0.2) is 34.6 Å². The molecule has 0 saturated heterocycles. The van der Waals surface area contributed by atoms with Crippen LogP contribution in [0.15, 0.2) is 52.3 Å². The van der Waals surface area contributed by atoms with Crippen molar-refractivity contribution >= 4 is 48.8 Å². The number of carbonyl (C=O) groups excluding carboxylic acids is 1. The second-order valence-electron chi connectivity index (χ2n) is 7.15. The SMILES string of the molecule is CCC1(S(C)(=O)=O)C=C(S(C)(=O)=O)C=C(S(C)(=O)=O)C1C(=O)O[P+](=O)c1ccccc1. The van der Waals surface area contributed by atoms with Gasteiger partial charge in [0.25, 0.3) is 0 Å². The molecule has 0 N–H and O–H groups in total. The molecule has 9 nitrogen and oxygen atoms in total. The first-order valence-electron chi connectivity index (χ1n) is 8.83. The van der Waals surface area contributed by atoms with Crippen LogP contribution in [0.1, 0.15) is 13.3 Å². The van der Waals surface area contributed by atoms with Crippen molar-refractivity contribution in [3.05, 3.63) is 52.3 Å². The highest BCUT2D eigenvalue weighted by Crippen LogP contribution is 2.45. The zero-order valence-corrected chi connectivity index (χ0v) is 20.5. The molecule has 0 radical (unpaired) electrons. The van der Waals surface area contributed by atoms with Gasteiger partial charge in [-0.3, -0.25) is 0 Å². The van der Waals surface area contributed by atoms with Gasteiger partial charge in [0.2, 0.25) is 5.30 Å². The van der Waals surface area contributed by atoms with E-state index in [4.69, 9.17) is 4.52 Å². The number of allylic oxidation sites excluding steroid dienone is 1. The smallest absolute Gasteiger partial charge is 0.246 e. The molecule has 0 spiro atoms. The largest absolute Gasteiger partial charge is 0.600 e. The van der Waals surface area contributed by atoms with E-state index in [-0.39, 0.29) is 11.7 Å². The van der Waals surface area contributed by atoms with Crippen molar-refractivity contribution in [2.45, 2.75) is 18.1 Å². The van der Waals surface area contributed by atoms with Gasteiger partial charge in [-0.1, -0.05) is 25.1 Å². The van der Waals surface area contributed by atoms with E-state index in [9.17, 15) is 34.6 Å². The van der Waals surface area contributed by atoms with Crippen LogP contribution >= 0.6 is 8.03 Å². The summed E-state index contributed by atoms with van der Waals surface area (Å²) in [6.07, 6.45) is 3.58. The van der Waals surface area contributed by atoms with Gasteiger partial charge in [0, 0.05) is 18.8 Å². The first-order chi connectivity index (χ1) is 14.0. The molecule has 13 heteroatoms. The van der Waals surface area contributed by atoms with Crippen molar-refractivity contribution in [1.82, 2.24) is 0 Å². The summed E-state index contributed by atoms with van der Waals surface area (Å²) in [7, 11) is -15.3. The highest BCUT2D eigenvalue weighted by molar-refractivity contribution is 7.96. The number of sulfone groups is 3. The number of hydrogen-bond donors (Lipinski definition) is 0. The van der Waals surface area contributed by atoms with Crippen molar-refractivity contribution < 1.29 is 39.1 Å². The fourth-order valence-electron chi connectivity index (χ4n) is 3.31. The highest BCUT2D eigenvalue weighted by Gasteiger charge is 2.57. The maximum Gasteiger partial charge on any atom is 0.600 e.